The Balaban J connectivity index is 1.92. The van der Waals surface area contributed by atoms with Crippen LogP contribution < -0.4 is 14.8 Å². The molecule has 0 fully saturated rings. The summed E-state index contributed by atoms with van der Waals surface area (Å²) in [5.74, 6) is 1.24. The summed E-state index contributed by atoms with van der Waals surface area (Å²) in [6, 6.07) is 9.13. The summed E-state index contributed by atoms with van der Waals surface area (Å²) in [4.78, 5) is 11.9. The molecular weight excluding hydrogens is 294 g/mol. The molecule has 0 unspecified atom stereocenters. The maximum atomic E-state index is 11.9. The second-order valence-electron chi connectivity index (χ2n) is 4.76. The fraction of sp³-hybridized carbons (Fsp3) is 0.353. The molecule has 6 nitrogen and oxygen atoms in total. The van der Waals surface area contributed by atoms with Gasteiger partial charge in [0.1, 0.15) is 0 Å². The van der Waals surface area contributed by atoms with E-state index in [4.69, 9.17) is 9.47 Å². The Hall–Kier alpha value is -2.63. The van der Waals surface area contributed by atoms with Crippen LogP contribution in [0, 0.1) is 0 Å². The lowest BCUT2D eigenvalue weighted by Gasteiger charge is -2.12. The Kier molecular flexibility index (Phi) is 6.35. The number of hydrogen-bond acceptors (Lipinski definition) is 5. The zero-order chi connectivity index (χ0) is 16.5. The van der Waals surface area contributed by atoms with Crippen molar-refractivity contribution < 1.29 is 14.3 Å². The third-order valence-corrected chi connectivity index (χ3v) is 3.11. The largest absolute Gasteiger partial charge is 0.490 e. The number of nitrogens with one attached hydrogen (secondary N) is 1. The molecule has 0 saturated carbocycles. The monoisotopic (exact) mass is 315 g/mol. The lowest BCUT2D eigenvalue weighted by Crippen LogP contribution is -2.26. The topological polar surface area (TPSA) is 73.3 Å². The van der Waals surface area contributed by atoms with E-state index >= 15 is 0 Å². The van der Waals surface area contributed by atoms with Crippen molar-refractivity contribution in [3.8, 4) is 11.5 Å². The van der Waals surface area contributed by atoms with Crippen LogP contribution in [0.15, 0.2) is 36.5 Å². The van der Waals surface area contributed by atoms with Crippen molar-refractivity contribution in [3.05, 3.63) is 47.8 Å². The molecule has 0 atom stereocenters. The first-order valence-corrected chi connectivity index (χ1v) is 7.69. The molecule has 0 saturated heterocycles. The van der Waals surface area contributed by atoms with Crippen LogP contribution in [0.3, 0.4) is 0 Å². The Labute approximate surface area is 135 Å². The standard InChI is InChI=1S/C17H21N3O3/c1-3-22-15-8-7-13(12-16(15)23-4-2)9-11-18-17(21)14-6-5-10-19-20-14/h5-8,10,12H,3-4,9,11H2,1-2H3,(H,18,21). The van der Waals surface area contributed by atoms with Crippen molar-refractivity contribution in [1.82, 2.24) is 15.5 Å². The van der Waals surface area contributed by atoms with Crippen molar-refractivity contribution in [3.63, 3.8) is 0 Å². The van der Waals surface area contributed by atoms with Gasteiger partial charge in [0.2, 0.25) is 0 Å². The van der Waals surface area contributed by atoms with Gasteiger partial charge in [0, 0.05) is 12.7 Å². The summed E-state index contributed by atoms with van der Waals surface area (Å²) in [6.07, 6.45) is 2.23. The maximum Gasteiger partial charge on any atom is 0.271 e. The summed E-state index contributed by atoms with van der Waals surface area (Å²) in [6.45, 7) is 5.55. The van der Waals surface area contributed by atoms with Crippen molar-refractivity contribution in [2.45, 2.75) is 20.3 Å². The number of benzene rings is 1. The highest BCUT2D eigenvalue weighted by molar-refractivity contribution is 5.91. The fourth-order valence-corrected chi connectivity index (χ4v) is 2.08. The predicted octanol–water partition coefficient (Wildman–Crippen LogP) is 2.25. The van der Waals surface area contributed by atoms with Gasteiger partial charge in [-0.1, -0.05) is 6.07 Å². The van der Waals surface area contributed by atoms with Crippen molar-refractivity contribution in [2.75, 3.05) is 19.8 Å². The molecular formula is C17H21N3O3. The Morgan fingerprint density at radius 1 is 1.13 bits per heavy atom. The minimum absolute atomic E-state index is 0.228. The maximum absolute atomic E-state index is 11.9. The highest BCUT2D eigenvalue weighted by Gasteiger charge is 2.08. The SMILES string of the molecule is CCOc1ccc(CCNC(=O)c2cccnn2)cc1OCC. The van der Waals surface area contributed by atoms with Crippen molar-refractivity contribution >= 4 is 5.91 Å². The molecule has 2 rings (SSSR count). The van der Waals surface area contributed by atoms with Gasteiger partial charge in [0.05, 0.1) is 13.2 Å². The van der Waals surface area contributed by atoms with Crippen LogP contribution in [0.2, 0.25) is 0 Å². The third kappa shape index (κ3) is 4.95. The van der Waals surface area contributed by atoms with Gasteiger partial charge in [-0.3, -0.25) is 4.79 Å². The van der Waals surface area contributed by atoms with E-state index in [-0.39, 0.29) is 5.91 Å². The number of nitrogens with zero attached hydrogens (tertiary/aromatic N) is 2. The van der Waals surface area contributed by atoms with Crippen LogP contribution in [0.1, 0.15) is 29.9 Å². The van der Waals surface area contributed by atoms with Crippen molar-refractivity contribution in [1.29, 1.82) is 0 Å². The first kappa shape index (κ1) is 16.7. The summed E-state index contributed by atoms with van der Waals surface area (Å²) in [5, 5.41) is 10.3. The predicted molar refractivity (Wildman–Crippen MR) is 86.8 cm³/mol. The third-order valence-electron chi connectivity index (χ3n) is 3.11. The van der Waals surface area contributed by atoms with Gasteiger partial charge in [0.15, 0.2) is 17.2 Å². The Morgan fingerprint density at radius 3 is 2.61 bits per heavy atom. The minimum atomic E-state index is -0.228. The van der Waals surface area contributed by atoms with Crippen LogP contribution in [0.25, 0.3) is 0 Å². The smallest absolute Gasteiger partial charge is 0.271 e. The zero-order valence-electron chi connectivity index (χ0n) is 13.4. The zero-order valence-corrected chi connectivity index (χ0v) is 13.4. The van der Waals surface area contributed by atoms with Crippen LogP contribution in [-0.4, -0.2) is 35.9 Å². The number of carbonyl (C=O) groups is 1. The molecule has 0 bridgehead atoms. The van der Waals surface area contributed by atoms with Gasteiger partial charge in [-0.05, 0) is 50.1 Å². The van der Waals surface area contributed by atoms with E-state index in [1.807, 2.05) is 32.0 Å². The number of carbonyl (C=O) groups excluding carboxylic acids is 1. The molecule has 23 heavy (non-hydrogen) atoms. The van der Waals surface area contributed by atoms with Gasteiger partial charge in [0.25, 0.3) is 5.91 Å². The molecule has 1 aromatic carbocycles. The molecule has 0 aliphatic rings. The number of ether oxygens (including phenoxy) is 2. The highest BCUT2D eigenvalue weighted by Crippen LogP contribution is 2.28. The molecule has 1 amide bonds. The van der Waals surface area contributed by atoms with Gasteiger partial charge in [-0.2, -0.15) is 5.10 Å². The van der Waals surface area contributed by atoms with Crippen LogP contribution >= 0.6 is 0 Å². The molecule has 1 aromatic heterocycles. The molecule has 122 valence electrons. The van der Waals surface area contributed by atoms with E-state index in [2.05, 4.69) is 15.5 Å². The first-order valence-electron chi connectivity index (χ1n) is 7.69. The average Bonchev–Trinajstić information content (AvgIpc) is 2.58. The molecule has 0 radical (unpaired) electrons. The van der Waals surface area contributed by atoms with Gasteiger partial charge >= 0.3 is 0 Å². The van der Waals surface area contributed by atoms with Gasteiger partial charge in [-0.25, -0.2) is 0 Å². The van der Waals surface area contributed by atoms with E-state index < -0.39 is 0 Å². The van der Waals surface area contributed by atoms with Crippen LogP contribution in [-0.2, 0) is 6.42 Å². The van der Waals surface area contributed by atoms with Gasteiger partial charge < -0.3 is 14.8 Å². The van der Waals surface area contributed by atoms with Crippen LogP contribution in [0.4, 0.5) is 0 Å². The number of rotatable bonds is 8. The number of aromatic nitrogens is 2. The van der Waals surface area contributed by atoms with Crippen LogP contribution in [0.5, 0.6) is 11.5 Å². The molecule has 6 heteroatoms. The Bertz CT molecular complexity index is 632. The van der Waals surface area contributed by atoms with E-state index in [1.165, 1.54) is 6.20 Å². The van der Waals surface area contributed by atoms with Crippen molar-refractivity contribution in [2.24, 2.45) is 0 Å². The molecule has 2 aromatic rings. The quantitative estimate of drug-likeness (QED) is 0.809. The summed E-state index contributed by atoms with van der Waals surface area (Å²) >= 11 is 0. The number of amides is 1. The highest BCUT2D eigenvalue weighted by atomic mass is 16.5. The molecule has 0 aliphatic heterocycles. The van der Waals surface area contributed by atoms with E-state index in [0.717, 1.165) is 17.1 Å². The lowest BCUT2D eigenvalue weighted by atomic mass is 10.1. The number of hydrogen-bond donors (Lipinski definition) is 1. The molecule has 0 spiro atoms. The summed E-state index contributed by atoms with van der Waals surface area (Å²) < 4.78 is 11.1. The lowest BCUT2D eigenvalue weighted by molar-refractivity contribution is 0.0948. The second kappa shape index (κ2) is 8.73. The second-order valence-corrected chi connectivity index (χ2v) is 4.76. The Morgan fingerprint density at radius 2 is 1.91 bits per heavy atom. The van der Waals surface area contributed by atoms with E-state index in [1.54, 1.807) is 12.1 Å². The molecule has 1 N–H and O–H groups in total. The van der Waals surface area contributed by atoms with E-state index in [9.17, 15) is 4.79 Å². The van der Waals surface area contributed by atoms with E-state index in [0.29, 0.717) is 31.9 Å². The molecule has 0 aliphatic carbocycles. The summed E-state index contributed by atoms with van der Waals surface area (Å²) in [5.41, 5.74) is 1.38. The average molecular weight is 315 g/mol. The fourth-order valence-electron chi connectivity index (χ4n) is 2.08. The first-order chi connectivity index (χ1) is 11.2. The molecule has 1 heterocycles. The minimum Gasteiger partial charge on any atom is -0.490 e. The summed E-state index contributed by atoms with van der Waals surface area (Å²) in [7, 11) is 0. The normalized spacial score (nSPS) is 10.2. The van der Waals surface area contributed by atoms with Gasteiger partial charge in [-0.15, -0.1) is 5.10 Å².